The molecule has 0 radical (unpaired) electrons. The molecule has 28 nitrogen and oxygen atoms in total. The van der Waals surface area contributed by atoms with Crippen molar-refractivity contribution in [3.05, 3.63) is 95.5 Å². The molecule has 0 bridgehead atoms. The molecule has 6 aromatic rings. The minimum atomic E-state index is -5.22. The lowest BCUT2D eigenvalue weighted by Gasteiger charge is -2.52. The van der Waals surface area contributed by atoms with Gasteiger partial charge in [0.2, 0.25) is 12.4 Å². The molecule has 0 aliphatic carbocycles. The Morgan fingerprint density at radius 1 is 0.642 bits per heavy atom. The topological polar surface area (TPSA) is 361 Å². The standard InChI is InChI=1S/C50H62N16O12S3/c1-49(2)41(57-43(67)39(37-29-79-47(53)55-37)59-75-23-21-73-35-13-9-31(10-14-35)33-25-61(5)63(27-33)19-7-17-51)45(69)65(49)77-81(71,72)78-66-46(70)42(50(66,3)4)58-44(68)40(38-30-80-48(54)56-38)60-76-24-22-74-36-15-11-32(12-16-36)34-26-62(6)64(28-34)20-8-18-52/h9-16,25-30,41-42H,7-8,17-24,51-52H2,1-6H3,(H4-2,53,54,55,56,57,58,67,68)/p+2/b59-39-,60-40-/t41-,42-/m1/s1. The Hall–Kier alpha value is -8.07. The highest BCUT2D eigenvalue weighted by Gasteiger charge is 2.61. The quantitative estimate of drug-likeness (QED) is 0.0129. The molecule has 432 valence electrons. The van der Waals surface area contributed by atoms with Crippen molar-refractivity contribution >= 4 is 78.4 Å². The second kappa shape index (κ2) is 25.2. The van der Waals surface area contributed by atoms with Crippen molar-refractivity contribution in [2.75, 3.05) is 51.0 Å². The molecule has 81 heavy (non-hydrogen) atoms. The number of anilines is 2. The molecule has 2 saturated heterocycles. The van der Waals surface area contributed by atoms with Crippen molar-refractivity contribution in [2.24, 2.45) is 35.9 Å². The number of amides is 4. The number of nitrogen functional groups attached to an aromatic ring is 2. The zero-order valence-corrected chi connectivity index (χ0v) is 47.7. The van der Waals surface area contributed by atoms with Gasteiger partial charge in [0, 0.05) is 10.8 Å². The van der Waals surface area contributed by atoms with E-state index in [1.165, 1.54) is 38.5 Å². The Bertz CT molecular complexity index is 3190. The number of ether oxygens (including phenoxy) is 2. The van der Waals surface area contributed by atoms with Gasteiger partial charge in [0.1, 0.15) is 48.2 Å². The number of hydroxylamine groups is 4. The van der Waals surface area contributed by atoms with Gasteiger partial charge in [-0.1, -0.05) is 34.6 Å². The lowest BCUT2D eigenvalue weighted by molar-refractivity contribution is -0.753. The Morgan fingerprint density at radius 3 is 1.36 bits per heavy atom. The lowest BCUT2D eigenvalue weighted by atomic mass is 9.84. The largest absolute Gasteiger partial charge is 0.490 e. The Morgan fingerprint density at radius 2 is 1.02 bits per heavy atom. The maximum atomic E-state index is 13.7. The number of benzene rings is 2. The van der Waals surface area contributed by atoms with Crippen LogP contribution in [0.4, 0.5) is 10.3 Å². The molecule has 4 aromatic heterocycles. The summed E-state index contributed by atoms with van der Waals surface area (Å²) >= 11 is 2.06. The predicted octanol–water partition coefficient (Wildman–Crippen LogP) is 0.666. The average Bonchev–Trinajstić information content (AvgIpc) is 4.34. The minimum Gasteiger partial charge on any atom is -0.490 e. The number of β-lactam (4-membered cyclic amide) rings is 2. The van der Waals surface area contributed by atoms with Crippen LogP contribution in [0.3, 0.4) is 0 Å². The molecule has 0 saturated carbocycles. The fourth-order valence-corrected chi connectivity index (χ4v) is 10.5. The number of carbonyl (C=O) groups excluding carboxylic acids is 4. The zero-order chi connectivity index (χ0) is 58.2. The van der Waals surface area contributed by atoms with Crippen LogP contribution in [0.2, 0.25) is 0 Å². The van der Waals surface area contributed by atoms with Gasteiger partial charge < -0.3 is 52.7 Å². The maximum absolute atomic E-state index is 13.7. The molecule has 2 aromatic carbocycles. The van der Waals surface area contributed by atoms with E-state index in [0.29, 0.717) is 34.7 Å². The van der Waals surface area contributed by atoms with E-state index < -0.39 is 57.2 Å². The number of hydrogen-bond acceptors (Lipinski definition) is 22. The van der Waals surface area contributed by atoms with Crippen LogP contribution in [-0.4, -0.2) is 136 Å². The fraction of sp³-hybridized carbons (Fsp3) is 0.400. The Balaban J connectivity index is 0.813. The van der Waals surface area contributed by atoms with E-state index in [1.54, 1.807) is 0 Å². The second-order valence-corrected chi connectivity index (χ2v) is 22.5. The van der Waals surface area contributed by atoms with E-state index >= 15 is 0 Å². The number of nitrogens with one attached hydrogen (secondary N) is 2. The van der Waals surface area contributed by atoms with Crippen LogP contribution in [0.5, 0.6) is 11.5 Å². The number of carbonyl (C=O) groups is 4. The first-order valence-electron chi connectivity index (χ1n) is 25.4. The van der Waals surface area contributed by atoms with Gasteiger partial charge in [-0.3, -0.25) is 19.2 Å². The molecular formula is C50H64N16O12S3+2. The van der Waals surface area contributed by atoms with Crippen LogP contribution in [-0.2, 0) is 75.0 Å². The molecule has 0 unspecified atom stereocenters. The molecule has 2 aliphatic rings. The van der Waals surface area contributed by atoms with E-state index in [0.717, 1.165) is 70.9 Å². The first-order valence-corrected chi connectivity index (χ1v) is 28.4. The van der Waals surface area contributed by atoms with Crippen LogP contribution in [0.1, 0.15) is 51.9 Å². The van der Waals surface area contributed by atoms with Crippen molar-refractivity contribution in [1.82, 2.24) is 40.1 Å². The smallest absolute Gasteiger partial charge is 0.442 e. The molecule has 2 atom stereocenters. The number of nitrogens with zero attached hydrogens (tertiary/aromatic N) is 10. The first-order chi connectivity index (χ1) is 38.6. The number of aryl methyl sites for hydroxylation is 4. The highest BCUT2D eigenvalue weighted by Crippen LogP contribution is 2.37. The summed E-state index contributed by atoms with van der Waals surface area (Å²) in [7, 11) is -1.29. The summed E-state index contributed by atoms with van der Waals surface area (Å²) in [6, 6.07) is 12.2. The van der Waals surface area contributed by atoms with Crippen LogP contribution < -0.4 is 52.4 Å². The predicted molar refractivity (Wildman–Crippen MR) is 295 cm³/mol. The highest BCUT2D eigenvalue weighted by molar-refractivity contribution is 7.81. The van der Waals surface area contributed by atoms with Crippen molar-refractivity contribution in [3.8, 4) is 33.8 Å². The van der Waals surface area contributed by atoms with Gasteiger partial charge in [-0.05, 0) is 89.0 Å². The number of rotatable bonds is 28. The SMILES string of the molecule is C[n+]1cc(-c2ccc(OCCO/N=C(\C(=O)N[C@@H]3C(=O)N(OS(=O)(=O)ON4C(=O)[C@@H](NC(=O)/C(=N\OCCOc5ccc(-c6cn(CCCN)[n+](C)c6)cc5)c5csc(N)n5)C4(C)C)C3(C)C)c3csc(N)n3)cc2)cn1CCCN. The van der Waals surface area contributed by atoms with E-state index in [9.17, 15) is 27.6 Å². The van der Waals surface area contributed by atoms with E-state index in [4.69, 9.17) is 50.7 Å². The maximum Gasteiger partial charge on any atom is 0.442 e. The summed E-state index contributed by atoms with van der Waals surface area (Å²) in [6.07, 6.45) is 9.86. The van der Waals surface area contributed by atoms with Crippen molar-refractivity contribution in [2.45, 2.75) is 76.8 Å². The number of hydrogen-bond donors (Lipinski definition) is 6. The third-order valence-electron chi connectivity index (χ3n) is 13.0. The number of aromatic nitrogens is 6. The molecule has 2 fully saturated rings. The third-order valence-corrected chi connectivity index (χ3v) is 15.0. The van der Waals surface area contributed by atoms with E-state index in [2.05, 4.69) is 40.3 Å². The molecule has 4 amide bonds. The first kappa shape index (κ1) is 59.1. The van der Waals surface area contributed by atoms with E-state index in [1.807, 2.05) is 96.8 Å². The van der Waals surface area contributed by atoms with Crippen molar-refractivity contribution in [3.63, 3.8) is 0 Å². The summed E-state index contributed by atoms with van der Waals surface area (Å²) in [5.41, 5.74) is 23.5. The van der Waals surface area contributed by atoms with Crippen LogP contribution in [0, 0.1) is 0 Å². The van der Waals surface area contributed by atoms with Crippen molar-refractivity contribution in [1.29, 1.82) is 0 Å². The van der Waals surface area contributed by atoms with Crippen molar-refractivity contribution < 1.29 is 64.7 Å². The van der Waals surface area contributed by atoms with Crippen LogP contribution in [0.15, 0.2) is 94.4 Å². The lowest BCUT2D eigenvalue weighted by Crippen LogP contribution is -2.78. The summed E-state index contributed by atoms with van der Waals surface area (Å²) in [4.78, 5) is 73.6. The third kappa shape index (κ3) is 13.8. The zero-order valence-electron chi connectivity index (χ0n) is 45.2. The molecule has 10 N–H and O–H groups in total. The number of thiazole rings is 2. The van der Waals surface area contributed by atoms with Gasteiger partial charge in [-0.2, -0.15) is 27.9 Å². The van der Waals surface area contributed by atoms with Gasteiger partial charge in [0.25, 0.3) is 23.6 Å². The number of nitrogens with two attached hydrogens (primary N) is 4. The van der Waals surface area contributed by atoms with Gasteiger partial charge in [0.05, 0.1) is 47.7 Å². The molecule has 2 aliphatic heterocycles. The highest BCUT2D eigenvalue weighted by atomic mass is 32.3. The molecule has 6 heterocycles. The van der Waals surface area contributed by atoms with Gasteiger partial charge in [0.15, 0.2) is 49.0 Å². The molecule has 0 spiro atoms. The molecular weight excluding hydrogens is 1110 g/mol. The second-order valence-electron chi connectivity index (χ2n) is 19.6. The van der Waals surface area contributed by atoms with Gasteiger partial charge >= 0.3 is 10.4 Å². The minimum absolute atomic E-state index is 0.0439. The number of oxime groups is 2. The normalized spacial score (nSPS) is 16.9. The van der Waals surface area contributed by atoms with Crippen LogP contribution in [0.25, 0.3) is 22.3 Å². The monoisotopic (exact) mass is 1180 g/mol. The molecule has 8 rings (SSSR count). The van der Waals surface area contributed by atoms with Crippen LogP contribution >= 0.6 is 22.7 Å². The molecule has 31 heteroatoms. The summed E-state index contributed by atoms with van der Waals surface area (Å²) < 4.78 is 56.7. The van der Waals surface area contributed by atoms with E-state index in [-0.39, 0.29) is 59.5 Å². The Kier molecular flexibility index (Phi) is 18.3. The Labute approximate surface area is 474 Å². The summed E-state index contributed by atoms with van der Waals surface area (Å²) in [6.45, 7) is 8.33. The summed E-state index contributed by atoms with van der Waals surface area (Å²) in [5.74, 6) is -2.68. The summed E-state index contributed by atoms with van der Waals surface area (Å²) in [5, 5.41) is 17.2. The fourth-order valence-electron chi connectivity index (χ4n) is 8.52. The van der Waals surface area contributed by atoms with Gasteiger partial charge in [-0.15, -0.1) is 40.6 Å². The van der Waals surface area contributed by atoms with Gasteiger partial charge in [-0.25, -0.2) is 9.97 Å². The average molecular weight is 1180 g/mol.